The van der Waals surface area contributed by atoms with Crippen molar-refractivity contribution in [1.82, 2.24) is 59.9 Å². The zero-order chi connectivity index (χ0) is 91.3. The molecule has 18 N–H and O–H groups in total. The summed E-state index contributed by atoms with van der Waals surface area (Å²) in [6, 6.07) is 20.4. The number of ether oxygens (including phenoxy) is 4. The minimum absolute atomic E-state index is 0.00733. The number of likely N-dealkylation sites (tertiary alicyclic amines) is 3. The van der Waals surface area contributed by atoms with Crippen LogP contribution in [0.15, 0.2) is 122 Å². The Kier molecular flexibility index (Phi) is 35.0. The summed E-state index contributed by atoms with van der Waals surface area (Å²) in [5.41, 5.74) is 25.5. The normalized spacial score (nSPS) is 18.0. The Morgan fingerprint density at radius 3 is 0.824 bits per heavy atom. The van der Waals surface area contributed by atoms with E-state index in [4.69, 9.17) is 47.0 Å². The van der Waals surface area contributed by atoms with Crippen molar-refractivity contribution in [2.45, 2.75) is 103 Å². The molecule has 8 atom stereocenters. The number of carbonyl (C=O) groups is 12. The third-order valence-corrected chi connectivity index (χ3v) is 20.7. The van der Waals surface area contributed by atoms with Gasteiger partial charge in [0, 0.05) is 78.7 Å². The van der Waals surface area contributed by atoms with Crippen LogP contribution in [0.5, 0.6) is 23.5 Å². The van der Waals surface area contributed by atoms with Crippen LogP contribution in [0.4, 0.5) is 46.0 Å². The van der Waals surface area contributed by atoms with Crippen LogP contribution in [0.1, 0.15) is 167 Å². The lowest BCUT2D eigenvalue weighted by molar-refractivity contribution is -0.147. The minimum atomic E-state index is -1.65. The average molecular weight is 1720 g/mol. The van der Waals surface area contributed by atoms with Crippen LogP contribution in [-0.4, -0.2) is 213 Å². The topological polar surface area (TPSA) is 587 Å². The summed E-state index contributed by atoms with van der Waals surface area (Å²) in [5, 5.41) is 33.4. The molecule has 0 spiro atoms. The average Bonchev–Trinajstić information content (AvgIpc) is 0.804. The summed E-state index contributed by atoms with van der Waals surface area (Å²) < 4.78 is 19.7. The van der Waals surface area contributed by atoms with Crippen molar-refractivity contribution in [3.8, 4) is 23.5 Å². The molecule has 0 radical (unpaired) electrons. The number of aromatic nitrogens is 8. The van der Waals surface area contributed by atoms with Crippen molar-refractivity contribution in [3.63, 3.8) is 0 Å². The first-order valence-electron chi connectivity index (χ1n) is 39.8. The van der Waals surface area contributed by atoms with Gasteiger partial charge in [0.1, 0.15) is 45.5 Å². The van der Waals surface area contributed by atoms with Gasteiger partial charge in [0.2, 0.25) is 23.5 Å². The van der Waals surface area contributed by atoms with E-state index >= 15 is 0 Å². The van der Waals surface area contributed by atoms with Gasteiger partial charge in [0.25, 0.3) is 23.6 Å². The van der Waals surface area contributed by atoms with E-state index in [0.29, 0.717) is 25.7 Å². The van der Waals surface area contributed by atoms with Crippen LogP contribution in [0, 0.1) is 23.7 Å². The Labute approximate surface area is 720 Å². The lowest BCUT2D eigenvalue weighted by Crippen LogP contribution is -2.46. The molecule has 0 bridgehead atoms. The number of carbonyl (C=O) groups excluding carboxylic acids is 11. The van der Waals surface area contributed by atoms with E-state index in [1.165, 1.54) is 89.7 Å². The largest absolute Gasteiger partial charge is 0.480 e. The second kappa shape index (κ2) is 45.7. The Hall–Kier alpha value is -14.8. The predicted molar refractivity (Wildman–Crippen MR) is 462 cm³/mol. The molecular weight excluding hydrogens is 1620 g/mol. The molecule has 8 aromatic rings. The Morgan fingerprint density at radius 1 is 0.352 bits per heavy atom. The highest BCUT2D eigenvalue weighted by molar-refractivity contribution is 6.41. The van der Waals surface area contributed by atoms with E-state index in [0.717, 1.165) is 97.1 Å². The summed E-state index contributed by atoms with van der Waals surface area (Å²) in [7, 11) is 12.6. The van der Waals surface area contributed by atoms with Gasteiger partial charge in [-0.1, -0.05) is 52.0 Å². The first kappa shape index (κ1) is 95.7. The molecule has 0 aliphatic carbocycles. The number of hydrogen-bond donors (Lipinski definition) is 14. The molecule has 11 amide bonds. The van der Waals surface area contributed by atoms with Gasteiger partial charge in [-0.25, -0.2) is 44.7 Å². The van der Waals surface area contributed by atoms with Crippen molar-refractivity contribution in [3.05, 3.63) is 167 Å². The van der Waals surface area contributed by atoms with Gasteiger partial charge in [-0.05, 0) is 152 Å². The highest BCUT2D eigenvalue weighted by Crippen LogP contribution is 2.38. The molecule has 4 saturated heterocycles. The van der Waals surface area contributed by atoms with Gasteiger partial charge in [0.05, 0.1) is 94.1 Å². The van der Waals surface area contributed by atoms with E-state index in [1.807, 2.05) is 81.8 Å². The number of rotatable bonds is 20. The molecule has 0 aromatic carbocycles. The number of hydrogen-bond acceptors (Lipinski definition) is 29. The molecule has 125 heavy (non-hydrogen) atoms. The van der Waals surface area contributed by atoms with Gasteiger partial charge in [-0.2, -0.15) is 0 Å². The summed E-state index contributed by atoms with van der Waals surface area (Å²) in [6.07, 6.45) is 19.7. The molecular formula is C84H106N24O17. The van der Waals surface area contributed by atoms with Gasteiger partial charge in [-0.15, -0.1) is 0 Å². The van der Waals surface area contributed by atoms with Crippen molar-refractivity contribution < 1.29 is 81.6 Å². The fourth-order valence-electron chi connectivity index (χ4n) is 14.0. The number of amides is 11. The smallest absolute Gasteiger partial charge is 0.394 e. The van der Waals surface area contributed by atoms with E-state index in [9.17, 15) is 57.5 Å². The molecule has 4 aliphatic rings. The van der Waals surface area contributed by atoms with Crippen molar-refractivity contribution in [2.24, 2.45) is 46.6 Å². The number of aliphatic carboxylic acids is 1. The number of piperidine rings is 4. The van der Waals surface area contributed by atoms with E-state index < -0.39 is 70.9 Å². The Bertz CT molecular complexity index is 4760. The van der Waals surface area contributed by atoms with Gasteiger partial charge in [0.15, 0.2) is 0 Å². The molecule has 4 aliphatic heterocycles. The first-order chi connectivity index (χ1) is 59.7. The predicted octanol–water partition coefficient (Wildman–Crippen LogP) is 6.09. The molecule has 0 saturated carbocycles. The number of carboxylic acids is 1. The third kappa shape index (κ3) is 26.4. The lowest BCUT2D eigenvalue weighted by Gasteiger charge is -2.38. The standard InChI is InChI=1S/3C21H26N6O4.C12H19N3.C9H9N3O5/c3*1-12-4-6-16(13-5-7-17(23-2)24-9-13)27(11-12)21(30)19(29)26-14-8-15(18(22)28)20(31-3)25-10-14;1-9-3-5-11(14-7-9)10-4-6-12(13-2)15-8-10;1-17-8-5(6(10)13)2-4(3-11-8)12-7(14)9(15)16/h3*5,7-10,12,16H,4,6,11H2,1-3H3,(H2,22,28)(H,23,24)(H,26,29);4,6,8-9,11,14H,3,5,7H2,1-2H3,(H,13,15);2-3H,1H3,(H2,10,13)(H,12,14)(H,15,16)/t12-,16+;12-,16-;;;/m01.../s1. The zero-order valence-corrected chi connectivity index (χ0v) is 71.4. The van der Waals surface area contributed by atoms with E-state index in [1.54, 1.807) is 54.4 Å². The maximum absolute atomic E-state index is 13.0. The first-order valence-corrected chi connectivity index (χ1v) is 39.8. The fourth-order valence-corrected chi connectivity index (χ4v) is 14.0. The van der Waals surface area contributed by atoms with Crippen LogP contribution in [0.3, 0.4) is 0 Å². The molecule has 8 aromatic heterocycles. The van der Waals surface area contributed by atoms with Crippen LogP contribution in [0.25, 0.3) is 0 Å². The number of nitrogens with one attached hydrogen (secondary N) is 9. The fraction of sp³-hybridized carbons (Fsp3) is 0.381. The Morgan fingerprint density at radius 2 is 0.608 bits per heavy atom. The zero-order valence-electron chi connectivity index (χ0n) is 71.4. The van der Waals surface area contributed by atoms with E-state index in [2.05, 4.69) is 95.4 Å². The number of anilines is 8. The number of methoxy groups -OCH3 is 4. The molecule has 41 nitrogen and oxygen atoms in total. The third-order valence-electron chi connectivity index (χ3n) is 20.7. The molecule has 664 valence electrons. The molecule has 41 heteroatoms. The second-order valence-electron chi connectivity index (χ2n) is 29.7. The maximum Gasteiger partial charge on any atom is 0.394 e. The van der Waals surface area contributed by atoms with Gasteiger partial charge >= 0.3 is 47.3 Å². The summed E-state index contributed by atoms with van der Waals surface area (Å²) >= 11 is 0. The number of nitrogens with two attached hydrogens (primary N) is 4. The summed E-state index contributed by atoms with van der Waals surface area (Å²) in [4.78, 5) is 182. The van der Waals surface area contributed by atoms with E-state index in [-0.39, 0.29) is 104 Å². The van der Waals surface area contributed by atoms with Gasteiger partial charge in [-0.3, -0.25) is 52.7 Å². The quantitative estimate of drug-likeness (QED) is 0.0384. The number of nitrogens with zero attached hydrogens (tertiary/aromatic N) is 11. The summed E-state index contributed by atoms with van der Waals surface area (Å²) in [5.74, 6) is -5.58. The van der Waals surface area contributed by atoms with Crippen LogP contribution < -0.4 is 89.7 Å². The van der Waals surface area contributed by atoms with Crippen LogP contribution >= 0.6 is 0 Å². The minimum Gasteiger partial charge on any atom is -0.480 e. The second-order valence-corrected chi connectivity index (χ2v) is 29.7. The van der Waals surface area contributed by atoms with Crippen molar-refractivity contribution in [1.29, 1.82) is 0 Å². The van der Waals surface area contributed by atoms with Crippen molar-refractivity contribution >= 4 is 117 Å². The maximum atomic E-state index is 13.0. The van der Waals surface area contributed by atoms with Crippen molar-refractivity contribution in [2.75, 3.05) is 125 Å². The molecule has 4 unspecified atom stereocenters. The molecule has 4 fully saturated rings. The number of pyridine rings is 8. The highest BCUT2D eigenvalue weighted by Gasteiger charge is 2.38. The van der Waals surface area contributed by atoms with Gasteiger partial charge < -0.3 is 110 Å². The Balaban J connectivity index is 0.000000199. The molecule has 12 heterocycles. The number of carboxylic acid groups (broad SMARTS) is 1. The monoisotopic (exact) mass is 1720 g/mol. The SMILES string of the molecule is CNc1ccc(C2CCC(C)CN2)cn1.CNc1ccc(C2CCC(C)CN2C(=O)C(=O)Nc2cnc(OC)c(C(N)=O)c2)cn1.CNc1ccc([C@H]2CC[C@@H](C)CN2C(=O)C(=O)Nc2cnc(OC)c(C(N)=O)c2)cn1.CNc1ccc([C@H]2CC[C@H](C)CN2C(=O)C(=O)Nc2cnc(OC)c(C(N)=O)c2)cn1.COc1ncc(NC(=O)C(=O)O)cc1C(N)=O. The number of primary amides is 4. The van der Waals surface area contributed by atoms with Crippen LogP contribution in [-0.2, 0) is 38.4 Å². The van der Waals surface area contributed by atoms with Crippen LogP contribution in [0.2, 0.25) is 0 Å². The lowest BCUT2D eigenvalue weighted by atomic mass is 9.90. The molecule has 12 rings (SSSR count). The summed E-state index contributed by atoms with van der Waals surface area (Å²) in [6.45, 7) is 10.9. The highest BCUT2D eigenvalue weighted by atomic mass is 16.5.